The largest absolute Gasteiger partial charge is 0.471 e. The highest BCUT2D eigenvalue weighted by Gasteiger charge is 2.09. The lowest BCUT2D eigenvalue weighted by Crippen LogP contribution is -2.08. The fourth-order valence-corrected chi connectivity index (χ4v) is 2.12. The average molecular weight is 355 g/mol. The third-order valence-electron chi connectivity index (χ3n) is 2.65. The van der Waals surface area contributed by atoms with Gasteiger partial charge >= 0.3 is 0 Å². The molecule has 3 aromatic rings. The summed E-state index contributed by atoms with van der Waals surface area (Å²) in [6.45, 7) is -0.687. The number of ether oxygens (including phenoxy) is 1. The number of pyridine rings is 1. The molecule has 0 amide bonds. The highest BCUT2D eigenvalue weighted by Crippen LogP contribution is 2.20. The fourth-order valence-electron chi connectivity index (χ4n) is 1.78. The monoisotopic (exact) mass is 354 g/mol. The van der Waals surface area contributed by atoms with E-state index in [4.69, 9.17) is 4.74 Å². The van der Waals surface area contributed by atoms with Crippen molar-refractivity contribution in [1.29, 1.82) is 0 Å². The summed E-state index contributed by atoms with van der Waals surface area (Å²) in [6, 6.07) is 5.50. The minimum absolute atomic E-state index is 0.119. The van der Waals surface area contributed by atoms with Gasteiger partial charge < -0.3 is 4.74 Å². The first-order valence-corrected chi connectivity index (χ1v) is 6.80. The quantitative estimate of drug-likeness (QED) is 0.675. The summed E-state index contributed by atoms with van der Waals surface area (Å²) in [5.74, 6) is 0.119. The van der Waals surface area contributed by atoms with E-state index in [2.05, 4.69) is 30.9 Å². The summed E-state index contributed by atoms with van der Waals surface area (Å²) in [4.78, 5) is 12.6. The van der Waals surface area contributed by atoms with Crippen molar-refractivity contribution in [2.24, 2.45) is 0 Å². The molecule has 3 aromatic heterocycles. The van der Waals surface area contributed by atoms with Crippen LogP contribution in [0.2, 0.25) is 0 Å². The number of hydrogen-bond acceptors (Lipinski definition) is 4. The molecular formula is C13H9BrF2N4O. The van der Waals surface area contributed by atoms with Gasteiger partial charge in [0.25, 0.3) is 6.43 Å². The van der Waals surface area contributed by atoms with Gasteiger partial charge in [-0.15, -0.1) is 0 Å². The van der Waals surface area contributed by atoms with Crippen LogP contribution in [0.25, 0.3) is 17.0 Å². The van der Waals surface area contributed by atoms with E-state index in [0.717, 1.165) is 0 Å². The molecule has 0 aromatic carbocycles. The second-order valence-electron chi connectivity index (χ2n) is 4.16. The molecule has 0 saturated carbocycles. The number of halogens is 3. The summed E-state index contributed by atoms with van der Waals surface area (Å²) in [5.41, 5.74) is 1.93. The zero-order valence-corrected chi connectivity index (χ0v) is 12.2. The van der Waals surface area contributed by atoms with Crippen molar-refractivity contribution in [2.75, 3.05) is 6.61 Å². The van der Waals surface area contributed by atoms with E-state index in [1.807, 2.05) is 18.2 Å². The number of rotatable bonds is 4. The standard InChI is InChI=1S/C13H9BrF2N4O/c14-10-3-1-2-8(18-10)9-5-20-6-13(21-7-11(15)16)17-4-12(20)19-9/h1-6,11H,7H2. The second-order valence-corrected chi connectivity index (χ2v) is 4.98. The SMILES string of the molecule is FC(F)COc1cn2cc(-c3cccc(Br)n3)nc2cn1. The Morgan fingerprint density at radius 2 is 2.05 bits per heavy atom. The molecule has 0 fully saturated rings. The summed E-state index contributed by atoms with van der Waals surface area (Å²) in [7, 11) is 0. The average Bonchev–Trinajstić information content (AvgIpc) is 2.88. The van der Waals surface area contributed by atoms with Gasteiger partial charge in [-0.1, -0.05) is 6.07 Å². The number of fused-ring (bicyclic) bond motifs is 1. The van der Waals surface area contributed by atoms with Crippen LogP contribution in [0.5, 0.6) is 5.88 Å². The minimum atomic E-state index is -2.54. The van der Waals surface area contributed by atoms with Gasteiger partial charge in [0.2, 0.25) is 5.88 Å². The molecule has 3 rings (SSSR count). The van der Waals surface area contributed by atoms with E-state index < -0.39 is 13.0 Å². The molecule has 108 valence electrons. The van der Waals surface area contributed by atoms with E-state index in [-0.39, 0.29) is 5.88 Å². The molecular weight excluding hydrogens is 346 g/mol. The molecule has 0 atom stereocenters. The predicted octanol–water partition coefficient (Wildman–Crippen LogP) is 3.20. The number of hydrogen-bond donors (Lipinski definition) is 0. The molecule has 21 heavy (non-hydrogen) atoms. The zero-order chi connectivity index (χ0) is 14.8. The lowest BCUT2D eigenvalue weighted by atomic mass is 10.3. The van der Waals surface area contributed by atoms with Gasteiger partial charge in [-0.3, -0.25) is 4.40 Å². The molecule has 0 unspecified atom stereocenters. The topological polar surface area (TPSA) is 52.3 Å². The fraction of sp³-hybridized carbons (Fsp3) is 0.154. The van der Waals surface area contributed by atoms with Crippen molar-refractivity contribution in [3.05, 3.63) is 41.4 Å². The van der Waals surface area contributed by atoms with Crippen molar-refractivity contribution < 1.29 is 13.5 Å². The van der Waals surface area contributed by atoms with Crippen molar-refractivity contribution in [3.63, 3.8) is 0 Å². The summed E-state index contributed by atoms with van der Waals surface area (Å²) in [5, 5.41) is 0. The Hall–Kier alpha value is -2.09. The van der Waals surface area contributed by atoms with Gasteiger partial charge in [-0.2, -0.15) is 0 Å². The van der Waals surface area contributed by atoms with Crippen molar-refractivity contribution in [2.45, 2.75) is 6.43 Å². The van der Waals surface area contributed by atoms with Crippen LogP contribution in [-0.2, 0) is 0 Å². The van der Waals surface area contributed by atoms with Crippen molar-refractivity contribution >= 4 is 21.6 Å². The summed E-state index contributed by atoms with van der Waals surface area (Å²) in [6.07, 6.45) is 2.17. The molecule has 0 aliphatic heterocycles. The molecule has 8 heteroatoms. The molecule has 3 heterocycles. The molecule has 0 N–H and O–H groups in total. The van der Waals surface area contributed by atoms with E-state index in [1.54, 1.807) is 10.6 Å². The summed E-state index contributed by atoms with van der Waals surface area (Å²) < 4.78 is 31.5. The van der Waals surface area contributed by atoms with Gasteiger partial charge in [0.1, 0.15) is 10.3 Å². The van der Waals surface area contributed by atoms with Crippen LogP contribution in [0.4, 0.5) is 8.78 Å². The molecule has 0 aliphatic rings. The Morgan fingerprint density at radius 3 is 2.81 bits per heavy atom. The lowest BCUT2D eigenvalue weighted by Gasteiger charge is -2.03. The highest BCUT2D eigenvalue weighted by atomic mass is 79.9. The molecule has 5 nitrogen and oxygen atoms in total. The van der Waals surface area contributed by atoms with Gasteiger partial charge in [-0.05, 0) is 28.1 Å². The van der Waals surface area contributed by atoms with Crippen LogP contribution in [0, 0.1) is 0 Å². The zero-order valence-electron chi connectivity index (χ0n) is 10.6. The Balaban J connectivity index is 1.93. The maximum absolute atomic E-state index is 12.1. The van der Waals surface area contributed by atoms with E-state index in [0.29, 0.717) is 21.6 Å². The number of alkyl halides is 2. The Labute approximate surface area is 126 Å². The van der Waals surface area contributed by atoms with Gasteiger partial charge in [-0.25, -0.2) is 23.7 Å². The number of imidazole rings is 1. The van der Waals surface area contributed by atoms with E-state index in [9.17, 15) is 8.78 Å². The van der Waals surface area contributed by atoms with Crippen LogP contribution in [0.15, 0.2) is 41.4 Å². The molecule has 0 bridgehead atoms. The van der Waals surface area contributed by atoms with Crippen molar-refractivity contribution in [1.82, 2.24) is 19.4 Å². The normalized spacial score (nSPS) is 11.2. The third-order valence-corrected chi connectivity index (χ3v) is 3.09. The van der Waals surface area contributed by atoms with Crippen LogP contribution < -0.4 is 4.74 Å². The van der Waals surface area contributed by atoms with E-state index in [1.165, 1.54) is 12.4 Å². The Morgan fingerprint density at radius 1 is 1.19 bits per heavy atom. The minimum Gasteiger partial charge on any atom is -0.471 e. The van der Waals surface area contributed by atoms with Gasteiger partial charge in [0, 0.05) is 6.20 Å². The van der Waals surface area contributed by atoms with E-state index >= 15 is 0 Å². The first-order valence-electron chi connectivity index (χ1n) is 6.00. The highest BCUT2D eigenvalue weighted by molar-refractivity contribution is 9.10. The molecule has 0 radical (unpaired) electrons. The smallest absolute Gasteiger partial charge is 0.272 e. The van der Waals surface area contributed by atoms with Gasteiger partial charge in [0.05, 0.1) is 18.1 Å². The third kappa shape index (κ3) is 3.15. The number of aromatic nitrogens is 4. The maximum atomic E-state index is 12.1. The first kappa shape index (κ1) is 13.9. The predicted molar refractivity (Wildman–Crippen MR) is 75.4 cm³/mol. The van der Waals surface area contributed by atoms with Crippen molar-refractivity contribution in [3.8, 4) is 17.3 Å². The Kier molecular flexibility index (Phi) is 3.78. The molecule has 0 saturated heterocycles. The maximum Gasteiger partial charge on any atom is 0.272 e. The number of nitrogens with zero attached hydrogens (tertiary/aromatic N) is 4. The van der Waals surface area contributed by atoms with Gasteiger partial charge in [0.15, 0.2) is 12.3 Å². The molecule has 0 aliphatic carbocycles. The second kappa shape index (κ2) is 5.72. The van der Waals surface area contributed by atoms with Crippen LogP contribution >= 0.6 is 15.9 Å². The first-order chi connectivity index (χ1) is 10.1. The summed E-state index contributed by atoms with van der Waals surface area (Å²) >= 11 is 3.30. The van der Waals surface area contributed by atoms with Crippen LogP contribution in [-0.4, -0.2) is 32.4 Å². The molecule has 0 spiro atoms. The lowest BCUT2D eigenvalue weighted by molar-refractivity contribution is 0.0793. The Bertz CT molecular complexity index is 778. The van der Waals surface area contributed by atoms with Crippen LogP contribution in [0.1, 0.15) is 0 Å². The van der Waals surface area contributed by atoms with Crippen LogP contribution in [0.3, 0.4) is 0 Å².